The summed E-state index contributed by atoms with van der Waals surface area (Å²) < 4.78 is 0. The molecule has 0 radical (unpaired) electrons. The highest BCUT2D eigenvalue weighted by molar-refractivity contribution is 5.88. The predicted octanol–water partition coefficient (Wildman–Crippen LogP) is 2.27. The Bertz CT molecular complexity index is 483. The van der Waals surface area contributed by atoms with E-state index in [2.05, 4.69) is 29.5 Å². The number of nitrogens with zero attached hydrogens (tertiary/aromatic N) is 1. The third kappa shape index (κ3) is 5.73. The van der Waals surface area contributed by atoms with Crippen molar-refractivity contribution in [2.45, 2.75) is 33.7 Å². The summed E-state index contributed by atoms with van der Waals surface area (Å²) in [6.45, 7) is 8.39. The molecule has 1 aromatic carbocycles. The average molecular weight is 276 g/mol. The number of anilines is 1. The van der Waals surface area contributed by atoms with E-state index in [-0.39, 0.29) is 11.9 Å². The second kappa shape index (κ2) is 7.53. The molecule has 5 heteroatoms. The minimum Gasteiger partial charge on any atom is -0.370 e. The lowest BCUT2D eigenvalue weighted by atomic mass is 10.1. The number of benzene rings is 1. The van der Waals surface area contributed by atoms with Gasteiger partial charge in [0.15, 0.2) is 5.96 Å². The van der Waals surface area contributed by atoms with Gasteiger partial charge in [-0.15, -0.1) is 0 Å². The van der Waals surface area contributed by atoms with Crippen molar-refractivity contribution in [3.05, 3.63) is 29.8 Å². The van der Waals surface area contributed by atoms with Gasteiger partial charge in [0.25, 0.3) is 0 Å². The van der Waals surface area contributed by atoms with Crippen LogP contribution in [0.4, 0.5) is 5.69 Å². The molecular weight excluding hydrogens is 252 g/mol. The number of hydrogen-bond acceptors (Lipinski definition) is 2. The Morgan fingerprint density at radius 3 is 2.65 bits per heavy atom. The van der Waals surface area contributed by atoms with E-state index in [4.69, 9.17) is 5.73 Å². The number of rotatable bonds is 5. The minimum absolute atomic E-state index is 0.0274. The Morgan fingerprint density at radius 2 is 2.05 bits per heavy atom. The van der Waals surface area contributed by atoms with Crippen LogP contribution in [0.5, 0.6) is 0 Å². The average Bonchev–Trinajstić information content (AvgIpc) is 2.36. The lowest BCUT2D eigenvalue weighted by Gasteiger charge is -2.16. The third-order valence-electron chi connectivity index (χ3n) is 2.70. The Hall–Kier alpha value is -2.04. The molecular formula is C15H24N4O. The zero-order valence-corrected chi connectivity index (χ0v) is 12.6. The number of amides is 1. The van der Waals surface area contributed by atoms with E-state index in [1.54, 1.807) is 0 Å². The molecule has 110 valence electrons. The zero-order chi connectivity index (χ0) is 15.1. The van der Waals surface area contributed by atoms with Gasteiger partial charge in [0.1, 0.15) is 0 Å². The molecule has 20 heavy (non-hydrogen) atoms. The fraction of sp³-hybridized carbons (Fsp3) is 0.467. The molecule has 0 saturated carbocycles. The molecule has 0 aliphatic rings. The van der Waals surface area contributed by atoms with E-state index >= 15 is 0 Å². The largest absolute Gasteiger partial charge is 0.370 e. The van der Waals surface area contributed by atoms with E-state index in [9.17, 15) is 4.79 Å². The minimum atomic E-state index is -0.0826. The van der Waals surface area contributed by atoms with Crippen LogP contribution >= 0.6 is 0 Å². The topological polar surface area (TPSA) is 79.5 Å². The molecule has 1 unspecified atom stereocenters. The van der Waals surface area contributed by atoms with Crippen molar-refractivity contribution < 1.29 is 4.79 Å². The number of aliphatic imine (C=N–C) groups is 1. The summed E-state index contributed by atoms with van der Waals surface area (Å²) in [6.07, 6.45) is 0. The summed E-state index contributed by atoms with van der Waals surface area (Å²) in [4.78, 5) is 15.3. The smallest absolute Gasteiger partial charge is 0.221 e. The van der Waals surface area contributed by atoms with Crippen molar-refractivity contribution in [2.24, 2.45) is 16.6 Å². The maximum Gasteiger partial charge on any atom is 0.221 e. The fourth-order valence-electron chi connectivity index (χ4n) is 1.72. The molecule has 4 N–H and O–H groups in total. The van der Waals surface area contributed by atoms with Crippen LogP contribution in [0.1, 0.15) is 39.3 Å². The number of carbonyl (C=O) groups excluding carboxylic acids is 1. The summed E-state index contributed by atoms with van der Waals surface area (Å²) in [7, 11) is 0. The van der Waals surface area contributed by atoms with Crippen LogP contribution in [0.25, 0.3) is 0 Å². The van der Waals surface area contributed by atoms with Gasteiger partial charge in [-0.2, -0.15) is 0 Å². The number of guanidine groups is 1. The van der Waals surface area contributed by atoms with Gasteiger partial charge < -0.3 is 16.4 Å². The summed E-state index contributed by atoms with van der Waals surface area (Å²) in [6, 6.07) is 7.70. The van der Waals surface area contributed by atoms with Crippen molar-refractivity contribution in [1.29, 1.82) is 0 Å². The molecule has 1 aromatic rings. The number of nitrogens with two attached hydrogens (primary N) is 1. The predicted molar refractivity (Wildman–Crippen MR) is 83.6 cm³/mol. The van der Waals surface area contributed by atoms with Crippen molar-refractivity contribution in [1.82, 2.24) is 5.32 Å². The third-order valence-corrected chi connectivity index (χ3v) is 2.70. The van der Waals surface area contributed by atoms with Crippen LogP contribution < -0.4 is 16.4 Å². The first-order valence-electron chi connectivity index (χ1n) is 6.82. The molecule has 0 fully saturated rings. The van der Waals surface area contributed by atoms with Gasteiger partial charge >= 0.3 is 0 Å². The van der Waals surface area contributed by atoms with E-state index < -0.39 is 0 Å². The maximum absolute atomic E-state index is 11.1. The highest BCUT2D eigenvalue weighted by atomic mass is 16.1. The molecule has 1 amide bonds. The van der Waals surface area contributed by atoms with Gasteiger partial charge in [0, 0.05) is 19.2 Å². The Morgan fingerprint density at radius 1 is 1.35 bits per heavy atom. The molecule has 1 atom stereocenters. The monoisotopic (exact) mass is 276 g/mol. The molecule has 1 rings (SSSR count). The molecule has 0 bridgehead atoms. The fourth-order valence-corrected chi connectivity index (χ4v) is 1.72. The van der Waals surface area contributed by atoms with Crippen LogP contribution in [0, 0.1) is 5.92 Å². The molecule has 0 spiro atoms. The lowest BCUT2D eigenvalue weighted by molar-refractivity contribution is -0.114. The van der Waals surface area contributed by atoms with Crippen LogP contribution in [0.2, 0.25) is 0 Å². The van der Waals surface area contributed by atoms with Crippen LogP contribution in [0.15, 0.2) is 29.3 Å². The van der Waals surface area contributed by atoms with Crippen LogP contribution in [-0.4, -0.2) is 18.4 Å². The van der Waals surface area contributed by atoms with Gasteiger partial charge in [-0.3, -0.25) is 9.79 Å². The van der Waals surface area contributed by atoms with E-state index in [1.807, 2.05) is 31.2 Å². The second-order valence-corrected chi connectivity index (χ2v) is 5.29. The van der Waals surface area contributed by atoms with Crippen LogP contribution in [-0.2, 0) is 4.79 Å². The number of hydrogen-bond donors (Lipinski definition) is 3. The second-order valence-electron chi connectivity index (χ2n) is 5.29. The summed E-state index contributed by atoms with van der Waals surface area (Å²) >= 11 is 0. The molecule has 0 heterocycles. The standard InChI is InChI=1S/C15H24N4O/c1-10(2)9-17-15(16)18-11(3)13-6-5-7-14(8-13)19-12(4)20/h5-8,10-11H,9H2,1-4H3,(H,19,20)(H3,16,17,18). The van der Waals surface area contributed by atoms with Crippen molar-refractivity contribution in [3.8, 4) is 0 Å². The van der Waals surface area contributed by atoms with E-state index in [0.717, 1.165) is 11.3 Å². The molecule has 0 aromatic heterocycles. The van der Waals surface area contributed by atoms with Crippen molar-refractivity contribution in [2.75, 3.05) is 11.9 Å². The first-order valence-corrected chi connectivity index (χ1v) is 6.82. The summed E-state index contributed by atoms with van der Waals surface area (Å²) in [5.41, 5.74) is 7.67. The molecule has 5 nitrogen and oxygen atoms in total. The van der Waals surface area contributed by atoms with E-state index in [0.29, 0.717) is 18.4 Å². The Kier molecular flexibility index (Phi) is 6.03. The highest BCUT2D eigenvalue weighted by Crippen LogP contribution is 2.17. The quantitative estimate of drug-likeness (QED) is 0.570. The Balaban J connectivity index is 2.69. The van der Waals surface area contributed by atoms with Gasteiger partial charge in [-0.05, 0) is 30.5 Å². The molecule has 0 aliphatic heterocycles. The SMILES string of the molecule is CC(=O)Nc1cccc(C(C)NC(N)=NCC(C)C)c1. The van der Waals surface area contributed by atoms with Gasteiger partial charge in [-0.25, -0.2) is 0 Å². The number of nitrogens with one attached hydrogen (secondary N) is 2. The van der Waals surface area contributed by atoms with Gasteiger partial charge in [0.05, 0.1) is 6.04 Å². The normalized spacial score (nSPS) is 13.2. The molecule has 0 aliphatic carbocycles. The zero-order valence-electron chi connectivity index (χ0n) is 12.6. The first kappa shape index (κ1) is 16.0. The lowest BCUT2D eigenvalue weighted by Crippen LogP contribution is -2.34. The maximum atomic E-state index is 11.1. The Labute approximate surface area is 120 Å². The number of carbonyl (C=O) groups is 1. The first-order chi connectivity index (χ1) is 9.38. The van der Waals surface area contributed by atoms with Gasteiger partial charge in [0.2, 0.25) is 5.91 Å². The van der Waals surface area contributed by atoms with Crippen molar-refractivity contribution in [3.63, 3.8) is 0 Å². The van der Waals surface area contributed by atoms with E-state index in [1.165, 1.54) is 6.92 Å². The highest BCUT2D eigenvalue weighted by Gasteiger charge is 2.07. The molecule has 0 saturated heterocycles. The summed E-state index contributed by atoms with van der Waals surface area (Å²) in [5, 5.41) is 5.91. The summed E-state index contributed by atoms with van der Waals surface area (Å²) in [5.74, 6) is 0.839. The van der Waals surface area contributed by atoms with Gasteiger partial charge in [-0.1, -0.05) is 26.0 Å². The van der Waals surface area contributed by atoms with Crippen LogP contribution in [0.3, 0.4) is 0 Å². The van der Waals surface area contributed by atoms with Crippen molar-refractivity contribution >= 4 is 17.6 Å².